The van der Waals surface area contributed by atoms with E-state index in [4.69, 9.17) is 9.47 Å². The molecule has 1 heterocycles. The molecule has 0 amide bonds. The van der Waals surface area contributed by atoms with E-state index < -0.39 is 0 Å². The van der Waals surface area contributed by atoms with Gasteiger partial charge in [-0.3, -0.25) is 5.32 Å². The summed E-state index contributed by atoms with van der Waals surface area (Å²) < 4.78 is 10.4. The Morgan fingerprint density at radius 2 is 1.89 bits per heavy atom. The zero-order valence-corrected chi connectivity index (χ0v) is 5.89. The highest BCUT2D eigenvalue weighted by Gasteiger charge is 2.16. The maximum Gasteiger partial charge on any atom is 0.215 e. The Bertz CT molecular complexity index is 79.1. The van der Waals surface area contributed by atoms with E-state index in [-0.39, 0.29) is 6.41 Å². The first kappa shape index (κ1) is 6.99. The van der Waals surface area contributed by atoms with Crippen molar-refractivity contribution in [2.24, 2.45) is 5.92 Å². The van der Waals surface area contributed by atoms with Gasteiger partial charge in [0.1, 0.15) is 0 Å². The van der Waals surface area contributed by atoms with Gasteiger partial charge in [0.25, 0.3) is 0 Å². The lowest BCUT2D eigenvalue weighted by Gasteiger charge is -2.26. The highest BCUT2D eigenvalue weighted by atomic mass is 16.7. The Kier molecular flexibility index (Phi) is 2.45. The van der Waals surface area contributed by atoms with Gasteiger partial charge in [-0.05, 0) is 7.05 Å². The fourth-order valence-corrected chi connectivity index (χ4v) is 0.766. The van der Waals surface area contributed by atoms with E-state index in [1.807, 2.05) is 7.05 Å². The van der Waals surface area contributed by atoms with Gasteiger partial charge in [-0.2, -0.15) is 0 Å². The van der Waals surface area contributed by atoms with E-state index in [0.29, 0.717) is 5.92 Å². The molecule has 9 heavy (non-hydrogen) atoms. The Balaban J connectivity index is 2.18. The summed E-state index contributed by atoms with van der Waals surface area (Å²) in [6, 6.07) is 0. The minimum atomic E-state index is -0.179. The first-order valence-electron chi connectivity index (χ1n) is 3.23. The van der Waals surface area contributed by atoms with Crippen LogP contribution in [0.15, 0.2) is 0 Å². The fraction of sp³-hybridized carbons (Fsp3) is 1.00. The largest absolute Gasteiger partial charge is 0.339 e. The van der Waals surface area contributed by atoms with Crippen LogP contribution in [0, 0.1) is 5.92 Å². The third-order valence-electron chi connectivity index (χ3n) is 1.30. The van der Waals surface area contributed by atoms with Crippen molar-refractivity contribution >= 4 is 0 Å². The third-order valence-corrected chi connectivity index (χ3v) is 1.30. The molecule has 0 saturated carbocycles. The Morgan fingerprint density at radius 1 is 1.33 bits per heavy atom. The van der Waals surface area contributed by atoms with Gasteiger partial charge in [-0.15, -0.1) is 0 Å². The van der Waals surface area contributed by atoms with Crippen LogP contribution in [0.25, 0.3) is 0 Å². The summed E-state index contributed by atoms with van der Waals surface area (Å²) in [7, 11) is 1.82. The van der Waals surface area contributed by atoms with Crippen LogP contribution in [0.3, 0.4) is 0 Å². The fourth-order valence-electron chi connectivity index (χ4n) is 0.766. The van der Waals surface area contributed by atoms with Gasteiger partial charge in [-0.25, -0.2) is 0 Å². The number of rotatable bonds is 1. The second-order valence-electron chi connectivity index (χ2n) is 2.39. The molecule has 0 aromatic carbocycles. The lowest BCUT2D eigenvalue weighted by molar-refractivity contribution is -0.209. The summed E-state index contributed by atoms with van der Waals surface area (Å²) in [5, 5.41) is 2.88. The maximum atomic E-state index is 5.21. The summed E-state index contributed by atoms with van der Waals surface area (Å²) >= 11 is 0. The van der Waals surface area contributed by atoms with E-state index in [2.05, 4.69) is 12.2 Å². The average molecular weight is 131 g/mol. The minimum Gasteiger partial charge on any atom is -0.339 e. The molecule has 54 valence electrons. The first-order chi connectivity index (χ1) is 4.33. The quantitative estimate of drug-likeness (QED) is 0.550. The van der Waals surface area contributed by atoms with E-state index >= 15 is 0 Å². The summed E-state index contributed by atoms with van der Waals surface area (Å²) in [6.07, 6.45) is -0.179. The molecule has 0 atom stereocenters. The molecule has 3 heteroatoms. The third kappa shape index (κ3) is 1.93. The molecule has 1 saturated heterocycles. The molecular weight excluding hydrogens is 118 g/mol. The normalized spacial score (nSPS) is 36.7. The molecular formula is C6H13NO2. The topological polar surface area (TPSA) is 30.5 Å². The molecule has 1 N–H and O–H groups in total. The molecule has 0 aromatic rings. The van der Waals surface area contributed by atoms with Crippen molar-refractivity contribution in [3.8, 4) is 0 Å². The predicted octanol–water partition coefficient (Wildman–Crippen LogP) is 0.172. The zero-order valence-electron chi connectivity index (χ0n) is 5.89. The van der Waals surface area contributed by atoms with Crippen molar-refractivity contribution in [1.82, 2.24) is 5.32 Å². The number of ether oxygens (including phenoxy) is 2. The Labute approximate surface area is 55.3 Å². The monoisotopic (exact) mass is 131 g/mol. The second kappa shape index (κ2) is 3.15. The molecule has 0 aromatic heterocycles. The molecule has 3 nitrogen and oxygen atoms in total. The van der Waals surface area contributed by atoms with E-state index in [9.17, 15) is 0 Å². The summed E-state index contributed by atoms with van der Waals surface area (Å²) in [5.41, 5.74) is 0. The number of hydrogen-bond donors (Lipinski definition) is 1. The molecule has 1 aliphatic heterocycles. The number of hydrogen-bond acceptors (Lipinski definition) is 3. The van der Waals surface area contributed by atoms with Crippen molar-refractivity contribution in [2.75, 3.05) is 20.3 Å². The van der Waals surface area contributed by atoms with Crippen LogP contribution in [-0.2, 0) is 9.47 Å². The van der Waals surface area contributed by atoms with Crippen molar-refractivity contribution in [2.45, 2.75) is 13.3 Å². The van der Waals surface area contributed by atoms with Crippen molar-refractivity contribution in [3.05, 3.63) is 0 Å². The molecule has 0 bridgehead atoms. The van der Waals surface area contributed by atoms with Gasteiger partial charge >= 0.3 is 0 Å². The molecule has 0 radical (unpaired) electrons. The molecule has 0 aliphatic carbocycles. The molecule has 0 unspecified atom stereocenters. The SMILES string of the molecule is CNC1OCC(C)CO1. The van der Waals surface area contributed by atoms with Gasteiger partial charge < -0.3 is 9.47 Å². The summed E-state index contributed by atoms with van der Waals surface area (Å²) in [4.78, 5) is 0. The zero-order chi connectivity index (χ0) is 6.69. The highest BCUT2D eigenvalue weighted by Crippen LogP contribution is 2.06. The van der Waals surface area contributed by atoms with E-state index in [0.717, 1.165) is 13.2 Å². The second-order valence-corrected chi connectivity index (χ2v) is 2.39. The van der Waals surface area contributed by atoms with Crippen LogP contribution in [-0.4, -0.2) is 26.7 Å². The lowest BCUT2D eigenvalue weighted by Crippen LogP contribution is -2.39. The Morgan fingerprint density at radius 3 is 2.33 bits per heavy atom. The highest BCUT2D eigenvalue weighted by molar-refractivity contribution is 4.54. The van der Waals surface area contributed by atoms with Gasteiger partial charge in [0, 0.05) is 5.92 Å². The van der Waals surface area contributed by atoms with Gasteiger partial charge in [0.15, 0.2) is 0 Å². The van der Waals surface area contributed by atoms with E-state index in [1.165, 1.54) is 0 Å². The smallest absolute Gasteiger partial charge is 0.215 e. The van der Waals surface area contributed by atoms with Crippen LogP contribution >= 0.6 is 0 Å². The van der Waals surface area contributed by atoms with Crippen molar-refractivity contribution < 1.29 is 9.47 Å². The van der Waals surface area contributed by atoms with Crippen LogP contribution in [0.5, 0.6) is 0 Å². The molecule has 1 fully saturated rings. The van der Waals surface area contributed by atoms with Crippen LogP contribution < -0.4 is 5.32 Å². The lowest BCUT2D eigenvalue weighted by atomic mass is 10.2. The van der Waals surface area contributed by atoms with Crippen molar-refractivity contribution in [1.29, 1.82) is 0 Å². The van der Waals surface area contributed by atoms with E-state index in [1.54, 1.807) is 0 Å². The standard InChI is InChI=1S/C6H13NO2/c1-5-3-8-6(7-2)9-4-5/h5-7H,3-4H2,1-2H3. The molecule has 0 spiro atoms. The predicted molar refractivity (Wildman–Crippen MR) is 33.9 cm³/mol. The average Bonchev–Trinajstić information content (AvgIpc) is 1.90. The Hall–Kier alpha value is -0.120. The summed E-state index contributed by atoms with van der Waals surface area (Å²) in [5.74, 6) is 0.537. The van der Waals surface area contributed by atoms with Gasteiger partial charge in [-0.1, -0.05) is 6.92 Å². The molecule has 1 rings (SSSR count). The minimum absolute atomic E-state index is 0.179. The van der Waals surface area contributed by atoms with Crippen LogP contribution in [0.2, 0.25) is 0 Å². The van der Waals surface area contributed by atoms with Crippen molar-refractivity contribution in [3.63, 3.8) is 0 Å². The van der Waals surface area contributed by atoms with Gasteiger partial charge in [0.2, 0.25) is 6.41 Å². The summed E-state index contributed by atoms with van der Waals surface area (Å²) in [6.45, 7) is 3.70. The van der Waals surface area contributed by atoms with Crippen LogP contribution in [0.1, 0.15) is 6.92 Å². The molecule has 1 aliphatic rings. The van der Waals surface area contributed by atoms with Gasteiger partial charge in [0.05, 0.1) is 13.2 Å². The number of nitrogens with one attached hydrogen (secondary N) is 1. The van der Waals surface area contributed by atoms with Crippen LogP contribution in [0.4, 0.5) is 0 Å². The first-order valence-corrected chi connectivity index (χ1v) is 3.23. The maximum absolute atomic E-state index is 5.21.